The monoisotopic (exact) mass is 296 g/mol. The number of carbonyl (C=O) groups excluding carboxylic acids is 1. The number of thiophene rings is 1. The van der Waals surface area contributed by atoms with Crippen LogP contribution in [0.4, 0.5) is 10.7 Å². The summed E-state index contributed by atoms with van der Waals surface area (Å²) in [5.74, 6) is -0.0464. The van der Waals surface area contributed by atoms with Crippen LogP contribution in [0.3, 0.4) is 0 Å². The molecular formula is C14H24N4OS. The van der Waals surface area contributed by atoms with Crippen molar-refractivity contribution in [2.75, 3.05) is 31.7 Å². The van der Waals surface area contributed by atoms with Crippen molar-refractivity contribution in [2.24, 2.45) is 0 Å². The summed E-state index contributed by atoms with van der Waals surface area (Å²) in [5.41, 5.74) is 6.53. The number of likely N-dealkylation sites (N-methyl/N-ethyl adjacent to an activating group) is 1. The molecule has 1 aromatic rings. The molecule has 20 heavy (non-hydrogen) atoms. The smallest absolute Gasteiger partial charge is 0.263 e. The summed E-state index contributed by atoms with van der Waals surface area (Å²) < 4.78 is 0. The van der Waals surface area contributed by atoms with E-state index in [1.54, 1.807) is 0 Å². The number of rotatable bonds is 6. The van der Waals surface area contributed by atoms with Gasteiger partial charge in [0.05, 0.1) is 10.7 Å². The molecule has 5 nitrogen and oxygen atoms in total. The third-order valence-corrected chi connectivity index (χ3v) is 4.89. The van der Waals surface area contributed by atoms with Gasteiger partial charge in [0.1, 0.15) is 4.88 Å². The summed E-state index contributed by atoms with van der Waals surface area (Å²) in [6, 6.07) is 2.20. The number of nitrogens with one attached hydrogen (secondary N) is 2. The fourth-order valence-electron chi connectivity index (χ4n) is 1.61. The van der Waals surface area contributed by atoms with Crippen molar-refractivity contribution in [1.29, 1.82) is 0 Å². The Labute approximate surface area is 124 Å². The van der Waals surface area contributed by atoms with E-state index < -0.39 is 0 Å². The first kappa shape index (κ1) is 15.1. The number of hydrogen-bond acceptors (Lipinski definition) is 5. The molecule has 1 fully saturated rings. The van der Waals surface area contributed by atoms with Crippen LogP contribution in [-0.2, 0) is 0 Å². The van der Waals surface area contributed by atoms with Gasteiger partial charge in [-0.3, -0.25) is 4.79 Å². The molecule has 1 aliphatic carbocycles. The minimum atomic E-state index is -0.0464. The molecule has 4 N–H and O–H groups in total. The molecule has 6 heteroatoms. The van der Waals surface area contributed by atoms with Gasteiger partial charge in [0.15, 0.2) is 0 Å². The Morgan fingerprint density at radius 3 is 2.70 bits per heavy atom. The van der Waals surface area contributed by atoms with Gasteiger partial charge in [0.25, 0.3) is 5.91 Å². The fraction of sp³-hybridized carbons (Fsp3) is 0.643. The van der Waals surface area contributed by atoms with Crippen LogP contribution in [0, 0.1) is 0 Å². The van der Waals surface area contributed by atoms with E-state index in [4.69, 9.17) is 5.73 Å². The van der Waals surface area contributed by atoms with Crippen LogP contribution in [0.5, 0.6) is 0 Å². The number of carbonyl (C=O) groups is 1. The van der Waals surface area contributed by atoms with E-state index in [-0.39, 0.29) is 11.4 Å². The van der Waals surface area contributed by atoms with Crippen molar-refractivity contribution in [3.63, 3.8) is 0 Å². The number of anilines is 2. The van der Waals surface area contributed by atoms with Gasteiger partial charge in [0.2, 0.25) is 0 Å². The number of nitrogens with zero attached hydrogens (tertiary/aromatic N) is 1. The zero-order valence-electron chi connectivity index (χ0n) is 12.6. The molecule has 0 unspecified atom stereocenters. The second kappa shape index (κ2) is 5.61. The van der Waals surface area contributed by atoms with Crippen molar-refractivity contribution in [3.05, 3.63) is 10.9 Å². The predicted octanol–water partition coefficient (Wildman–Crippen LogP) is 1.97. The molecular weight excluding hydrogens is 272 g/mol. The van der Waals surface area contributed by atoms with E-state index >= 15 is 0 Å². The molecule has 0 spiro atoms. The Balaban J connectivity index is 1.98. The van der Waals surface area contributed by atoms with Gasteiger partial charge < -0.3 is 21.3 Å². The highest BCUT2D eigenvalue weighted by Crippen LogP contribution is 2.30. The molecule has 1 amide bonds. The molecule has 0 aromatic carbocycles. The zero-order chi connectivity index (χ0) is 14.9. The third-order valence-electron chi connectivity index (χ3n) is 3.79. The lowest BCUT2D eigenvalue weighted by Crippen LogP contribution is -2.44. The maximum absolute atomic E-state index is 12.0. The molecule has 0 aliphatic heterocycles. The Morgan fingerprint density at radius 2 is 2.15 bits per heavy atom. The van der Waals surface area contributed by atoms with Gasteiger partial charge in [-0.05, 0) is 46.9 Å². The van der Waals surface area contributed by atoms with Gasteiger partial charge >= 0.3 is 0 Å². The molecule has 0 bridgehead atoms. The molecule has 1 heterocycles. The largest absolute Gasteiger partial charge is 0.397 e. The van der Waals surface area contributed by atoms with Gasteiger partial charge in [-0.15, -0.1) is 11.3 Å². The van der Waals surface area contributed by atoms with Gasteiger partial charge in [0, 0.05) is 18.1 Å². The zero-order valence-corrected chi connectivity index (χ0v) is 13.4. The lowest BCUT2D eigenvalue weighted by Gasteiger charge is -2.32. The summed E-state index contributed by atoms with van der Waals surface area (Å²) in [6.45, 7) is 5.12. The van der Waals surface area contributed by atoms with Crippen molar-refractivity contribution in [3.8, 4) is 0 Å². The van der Waals surface area contributed by atoms with E-state index in [0.717, 1.165) is 24.4 Å². The Kier molecular flexibility index (Phi) is 4.25. The molecule has 0 atom stereocenters. The lowest BCUT2D eigenvalue weighted by molar-refractivity contribution is 0.0956. The first-order valence-corrected chi connectivity index (χ1v) is 7.73. The van der Waals surface area contributed by atoms with E-state index in [1.807, 2.05) is 6.07 Å². The standard InChI is InChI=1S/C14H24N4OS/c1-14(2,18(3)4)8-16-11-7-10(15)12(20-11)13(19)17-9-5-6-9/h7,9,16H,5-6,8,15H2,1-4H3,(H,17,19). The first-order valence-electron chi connectivity index (χ1n) is 6.91. The third kappa shape index (κ3) is 3.64. The maximum Gasteiger partial charge on any atom is 0.263 e. The van der Waals surface area contributed by atoms with Crippen LogP contribution in [-0.4, -0.2) is 43.0 Å². The van der Waals surface area contributed by atoms with Crippen LogP contribution in [0.1, 0.15) is 36.4 Å². The molecule has 1 saturated carbocycles. The Bertz CT molecular complexity index is 491. The fourth-order valence-corrected chi connectivity index (χ4v) is 2.49. The first-order chi connectivity index (χ1) is 9.29. The van der Waals surface area contributed by atoms with Crippen molar-refractivity contribution in [1.82, 2.24) is 10.2 Å². The van der Waals surface area contributed by atoms with Crippen molar-refractivity contribution in [2.45, 2.75) is 38.3 Å². The average Bonchev–Trinajstić information content (AvgIpc) is 3.08. The average molecular weight is 296 g/mol. The minimum Gasteiger partial charge on any atom is -0.397 e. The highest BCUT2D eigenvalue weighted by atomic mass is 32.1. The van der Waals surface area contributed by atoms with E-state index in [1.165, 1.54) is 11.3 Å². The summed E-state index contributed by atoms with van der Waals surface area (Å²) >= 11 is 1.42. The van der Waals surface area contributed by atoms with Crippen molar-refractivity contribution < 1.29 is 4.79 Å². The maximum atomic E-state index is 12.0. The van der Waals surface area contributed by atoms with Crippen LogP contribution in [0.25, 0.3) is 0 Å². The molecule has 2 rings (SSSR count). The van der Waals surface area contributed by atoms with Crippen LogP contribution >= 0.6 is 11.3 Å². The highest BCUT2D eigenvalue weighted by molar-refractivity contribution is 7.18. The SMILES string of the molecule is CN(C)C(C)(C)CNc1cc(N)c(C(=O)NC2CC2)s1. The summed E-state index contributed by atoms with van der Waals surface area (Å²) in [5, 5.41) is 7.28. The number of nitrogen functional groups attached to an aromatic ring is 1. The molecule has 0 saturated heterocycles. The topological polar surface area (TPSA) is 70.4 Å². The van der Waals surface area contributed by atoms with Gasteiger partial charge in [-0.25, -0.2) is 0 Å². The van der Waals surface area contributed by atoms with Gasteiger partial charge in [-0.2, -0.15) is 0 Å². The number of nitrogens with two attached hydrogens (primary N) is 1. The summed E-state index contributed by atoms with van der Waals surface area (Å²) in [4.78, 5) is 14.8. The molecule has 1 aliphatic rings. The lowest BCUT2D eigenvalue weighted by atomic mass is 10.0. The van der Waals surface area contributed by atoms with E-state index in [0.29, 0.717) is 16.6 Å². The number of hydrogen-bond donors (Lipinski definition) is 3. The minimum absolute atomic E-state index is 0.0369. The van der Waals surface area contributed by atoms with Crippen LogP contribution in [0.15, 0.2) is 6.07 Å². The van der Waals surface area contributed by atoms with Gasteiger partial charge in [-0.1, -0.05) is 0 Å². The Hall–Kier alpha value is -1.27. The second-order valence-electron chi connectivity index (χ2n) is 6.20. The summed E-state index contributed by atoms with van der Waals surface area (Å²) in [6.07, 6.45) is 2.16. The normalized spacial score (nSPS) is 15.4. The highest BCUT2D eigenvalue weighted by Gasteiger charge is 2.26. The Morgan fingerprint density at radius 1 is 1.50 bits per heavy atom. The number of amides is 1. The van der Waals surface area contributed by atoms with E-state index in [9.17, 15) is 4.79 Å². The summed E-state index contributed by atoms with van der Waals surface area (Å²) in [7, 11) is 4.11. The quantitative estimate of drug-likeness (QED) is 0.750. The molecule has 1 aromatic heterocycles. The predicted molar refractivity (Wildman–Crippen MR) is 85.5 cm³/mol. The molecule has 0 radical (unpaired) electrons. The van der Waals surface area contributed by atoms with Crippen LogP contribution in [0.2, 0.25) is 0 Å². The van der Waals surface area contributed by atoms with Crippen molar-refractivity contribution >= 4 is 27.9 Å². The molecule has 112 valence electrons. The second-order valence-corrected chi connectivity index (χ2v) is 7.26. The van der Waals surface area contributed by atoms with Crippen LogP contribution < -0.4 is 16.4 Å². The van der Waals surface area contributed by atoms with E-state index in [2.05, 4.69) is 43.5 Å².